The van der Waals surface area contributed by atoms with Gasteiger partial charge in [0.05, 0.1) is 13.1 Å². The van der Waals surface area contributed by atoms with Gasteiger partial charge in [0, 0.05) is 26.0 Å². The third kappa shape index (κ3) is 3.96. The third-order valence-corrected chi connectivity index (χ3v) is 2.70. The summed E-state index contributed by atoms with van der Waals surface area (Å²) in [5, 5.41) is 8.67. The Hall–Kier alpha value is -1.68. The van der Waals surface area contributed by atoms with Gasteiger partial charge in [0.15, 0.2) is 0 Å². The maximum Gasteiger partial charge on any atom is 0.307 e. The summed E-state index contributed by atoms with van der Waals surface area (Å²) in [5.74, 6) is -0.790. The Kier molecular flexibility index (Phi) is 5.04. The minimum absolute atomic E-state index is 0. The van der Waals surface area contributed by atoms with Crippen molar-refractivity contribution in [2.45, 2.75) is 13.0 Å². The van der Waals surface area contributed by atoms with Crippen LogP contribution >= 0.6 is 12.4 Å². The summed E-state index contributed by atoms with van der Waals surface area (Å²) in [6.07, 6.45) is 4.19. The van der Waals surface area contributed by atoms with E-state index in [1.807, 2.05) is 37.5 Å². The Morgan fingerprint density at radius 1 is 1.22 bits per heavy atom. The fourth-order valence-electron chi connectivity index (χ4n) is 1.86. The van der Waals surface area contributed by atoms with Crippen LogP contribution in [0.2, 0.25) is 0 Å². The van der Waals surface area contributed by atoms with Gasteiger partial charge in [-0.25, -0.2) is 0 Å². The van der Waals surface area contributed by atoms with Gasteiger partial charge in [-0.15, -0.1) is 12.4 Å². The highest BCUT2D eigenvalue weighted by atomic mass is 35.5. The van der Waals surface area contributed by atoms with Crippen molar-refractivity contribution in [1.82, 2.24) is 9.80 Å². The lowest BCUT2D eigenvalue weighted by molar-refractivity contribution is -0.136. The molecule has 0 saturated heterocycles. The number of rotatable bonds is 4. The molecule has 0 radical (unpaired) electrons. The molecule has 1 aliphatic rings. The van der Waals surface area contributed by atoms with Crippen LogP contribution in [0.5, 0.6) is 0 Å². The van der Waals surface area contributed by atoms with Crippen molar-refractivity contribution in [3.05, 3.63) is 47.8 Å². The van der Waals surface area contributed by atoms with Crippen molar-refractivity contribution in [3.63, 3.8) is 0 Å². The van der Waals surface area contributed by atoms with Gasteiger partial charge in [-0.3, -0.25) is 4.79 Å². The van der Waals surface area contributed by atoms with Crippen molar-refractivity contribution >= 4 is 18.4 Å². The zero-order valence-corrected chi connectivity index (χ0v) is 11.1. The number of carbonyl (C=O) groups is 1. The van der Waals surface area contributed by atoms with Crippen molar-refractivity contribution in [1.29, 1.82) is 0 Å². The third-order valence-electron chi connectivity index (χ3n) is 2.70. The predicted molar refractivity (Wildman–Crippen MR) is 72.3 cm³/mol. The average molecular weight is 269 g/mol. The standard InChI is InChI=1S/C13H16N2O2.ClH/c1-14-6-7-15(10-14)9-12-4-2-11(3-5-12)8-13(16)17;/h2-7H,8-10H2,1H3,(H,16,17);1H. The van der Waals surface area contributed by atoms with Gasteiger partial charge in [-0.1, -0.05) is 24.3 Å². The van der Waals surface area contributed by atoms with E-state index in [4.69, 9.17) is 5.11 Å². The summed E-state index contributed by atoms with van der Waals surface area (Å²) >= 11 is 0. The molecule has 98 valence electrons. The topological polar surface area (TPSA) is 43.8 Å². The summed E-state index contributed by atoms with van der Waals surface area (Å²) < 4.78 is 0. The van der Waals surface area contributed by atoms with Crippen LogP contribution in [0.3, 0.4) is 0 Å². The predicted octanol–water partition coefficient (Wildman–Crippen LogP) is 1.91. The molecule has 0 aromatic heterocycles. The first-order valence-electron chi connectivity index (χ1n) is 5.56. The van der Waals surface area contributed by atoms with E-state index in [9.17, 15) is 4.79 Å². The summed E-state index contributed by atoms with van der Waals surface area (Å²) in [5.41, 5.74) is 2.04. The highest BCUT2D eigenvalue weighted by Gasteiger charge is 2.08. The van der Waals surface area contributed by atoms with Crippen molar-refractivity contribution in [2.75, 3.05) is 13.7 Å². The van der Waals surface area contributed by atoms with Crippen LogP contribution in [-0.2, 0) is 17.8 Å². The lowest BCUT2D eigenvalue weighted by Gasteiger charge is -2.18. The van der Waals surface area contributed by atoms with Crippen LogP contribution in [0.4, 0.5) is 0 Å². The van der Waals surface area contributed by atoms with Crippen molar-refractivity contribution < 1.29 is 9.90 Å². The second kappa shape index (κ2) is 6.31. The van der Waals surface area contributed by atoms with E-state index in [2.05, 4.69) is 16.0 Å². The number of nitrogens with zero attached hydrogens (tertiary/aromatic N) is 2. The number of halogens is 1. The first kappa shape index (κ1) is 14.4. The van der Waals surface area contributed by atoms with Crippen LogP contribution in [0.15, 0.2) is 36.7 Å². The molecule has 1 aromatic carbocycles. The molecule has 2 rings (SSSR count). The number of carboxylic acids is 1. The van der Waals surface area contributed by atoms with Crippen molar-refractivity contribution in [3.8, 4) is 0 Å². The molecule has 1 aliphatic heterocycles. The Morgan fingerprint density at radius 3 is 2.33 bits per heavy atom. The Labute approximate surface area is 113 Å². The molecule has 0 saturated carbocycles. The molecule has 18 heavy (non-hydrogen) atoms. The fraction of sp³-hybridized carbons (Fsp3) is 0.308. The molecule has 0 atom stereocenters. The Morgan fingerprint density at radius 2 is 1.83 bits per heavy atom. The monoisotopic (exact) mass is 268 g/mol. The maximum atomic E-state index is 10.5. The summed E-state index contributed by atoms with van der Waals surface area (Å²) in [6, 6.07) is 7.74. The lowest BCUT2D eigenvalue weighted by atomic mass is 10.1. The summed E-state index contributed by atoms with van der Waals surface area (Å²) in [7, 11) is 2.03. The van der Waals surface area contributed by atoms with E-state index in [-0.39, 0.29) is 18.8 Å². The molecule has 5 heteroatoms. The maximum absolute atomic E-state index is 10.5. The first-order valence-corrected chi connectivity index (χ1v) is 5.56. The average Bonchev–Trinajstić information content (AvgIpc) is 2.66. The zero-order chi connectivity index (χ0) is 12.3. The van der Waals surface area contributed by atoms with Gasteiger partial charge < -0.3 is 14.9 Å². The number of aliphatic carboxylic acids is 1. The smallest absolute Gasteiger partial charge is 0.307 e. The molecule has 0 aliphatic carbocycles. The molecule has 1 aromatic rings. The normalized spacial score (nSPS) is 13.6. The van der Waals surface area contributed by atoms with Crippen LogP contribution in [0.25, 0.3) is 0 Å². The SMILES string of the molecule is CN1C=CN(Cc2ccc(CC(=O)O)cc2)C1.Cl. The fourth-order valence-corrected chi connectivity index (χ4v) is 1.86. The molecule has 0 bridgehead atoms. The molecule has 0 amide bonds. The second-order valence-corrected chi connectivity index (χ2v) is 4.33. The molecule has 4 nitrogen and oxygen atoms in total. The number of carboxylic acid groups (broad SMARTS) is 1. The molecule has 0 unspecified atom stereocenters. The van der Waals surface area contributed by atoms with Gasteiger partial charge in [-0.2, -0.15) is 0 Å². The number of hydrogen-bond acceptors (Lipinski definition) is 3. The first-order chi connectivity index (χ1) is 8.13. The molecule has 0 fully saturated rings. The van der Waals surface area contributed by atoms with Gasteiger partial charge >= 0.3 is 5.97 Å². The van der Waals surface area contributed by atoms with Gasteiger partial charge in [-0.05, 0) is 11.1 Å². The Balaban J connectivity index is 0.00000162. The van der Waals surface area contributed by atoms with Crippen LogP contribution in [0, 0.1) is 0 Å². The summed E-state index contributed by atoms with van der Waals surface area (Å²) in [6.45, 7) is 1.76. The highest BCUT2D eigenvalue weighted by Crippen LogP contribution is 2.11. The minimum atomic E-state index is -0.790. The minimum Gasteiger partial charge on any atom is -0.481 e. The second-order valence-electron chi connectivity index (χ2n) is 4.33. The van der Waals surface area contributed by atoms with Crippen LogP contribution < -0.4 is 0 Å². The highest BCUT2D eigenvalue weighted by molar-refractivity contribution is 5.85. The largest absolute Gasteiger partial charge is 0.481 e. The van der Waals surface area contributed by atoms with Crippen LogP contribution in [0.1, 0.15) is 11.1 Å². The van der Waals surface area contributed by atoms with E-state index in [1.165, 1.54) is 5.56 Å². The van der Waals surface area contributed by atoms with Gasteiger partial charge in [0.1, 0.15) is 0 Å². The van der Waals surface area contributed by atoms with Crippen LogP contribution in [-0.4, -0.2) is 34.6 Å². The Bertz CT molecular complexity index is 431. The van der Waals surface area contributed by atoms with Crippen molar-refractivity contribution in [2.24, 2.45) is 0 Å². The van der Waals surface area contributed by atoms with Gasteiger partial charge in [0.25, 0.3) is 0 Å². The summed E-state index contributed by atoms with van der Waals surface area (Å²) in [4.78, 5) is 14.9. The van der Waals surface area contributed by atoms with E-state index in [0.717, 1.165) is 18.8 Å². The number of benzene rings is 1. The lowest BCUT2D eigenvalue weighted by Crippen LogP contribution is -2.21. The quantitative estimate of drug-likeness (QED) is 0.906. The molecule has 1 heterocycles. The van der Waals surface area contributed by atoms with E-state index in [0.29, 0.717) is 0 Å². The van der Waals surface area contributed by atoms with E-state index in [1.54, 1.807) is 0 Å². The van der Waals surface area contributed by atoms with E-state index >= 15 is 0 Å². The molecular weight excluding hydrogens is 252 g/mol. The number of hydrogen-bond donors (Lipinski definition) is 1. The van der Waals surface area contributed by atoms with E-state index < -0.39 is 5.97 Å². The van der Waals surface area contributed by atoms with Gasteiger partial charge in [0.2, 0.25) is 0 Å². The molecule has 1 N–H and O–H groups in total. The molecular formula is C13H17ClN2O2. The molecule has 0 spiro atoms. The zero-order valence-electron chi connectivity index (χ0n) is 10.2.